The standard InChI is InChI=1S/C13H14BrNO3S/c1-8-4-10(2-3-11(8)14)15-12-7-19(17,18)6-9(12)5-13(15)16/h2-4,9,12H,5-7H2,1H3/t9-,12+/m1/s1. The summed E-state index contributed by atoms with van der Waals surface area (Å²) in [5.74, 6) is 0.238. The minimum absolute atomic E-state index is 0.0339. The number of halogens is 1. The van der Waals surface area contributed by atoms with Crippen LogP contribution in [0.1, 0.15) is 12.0 Å². The van der Waals surface area contributed by atoms with Gasteiger partial charge in [-0.25, -0.2) is 8.42 Å². The molecule has 2 fully saturated rings. The number of sulfone groups is 1. The fourth-order valence-corrected chi connectivity index (χ4v) is 5.32. The van der Waals surface area contributed by atoms with Gasteiger partial charge in [0.1, 0.15) is 0 Å². The second-order valence-electron chi connectivity index (χ2n) is 5.31. The van der Waals surface area contributed by atoms with Gasteiger partial charge in [0.2, 0.25) is 5.91 Å². The van der Waals surface area contributed by atoms with Crippen LogP contribution in [0.15, 0.2) is 22.7 Å². The second kappa shape index (κ2) is 4.31. The Labute approximate surface area is 120 Å². The highest BCUT2D eigenvalue weighted by atomic mass is 79.9. The topological polar surface area (TPSA) is 54.5 Å². The van der Waals surface area contributed by atoms with E-state index in [-0.39, 0.29) is 29.4 Å². The number of aryl methyl sites for hydroxylation is 1. The molecule has 0 aromatic heterocycles. The summed E-state index contributed by atoms with van der Waals surface area (Å²) in [6.45, 7) is 1.96. The monoisotopic (exact) mass is 343 g/mol. The summed E-state index contributed by atoms with van der Waals surface area (Å²) >= 11 is 3.43. The zero-order valence-corrected chi connectivity index (χ0v) is 12.9. The summed E-state index contributed by atoms with van der Waals surface area (Å²) in [6.07, 6.45) is 0.346. The van der Waals surface area contributed by atoms with Crippen molar-refractivity contribution in [3.05, 3.63) is 28.2 Å². The zero-order valence-electron chi connectivity index (χ0n) is 10.5. The number of carbonyl (C=O) groups excluding carboxylic acids is 1. The van der Waals surface area contributed by atoms with Crippen LogP contribution in [0.5, 0.6) is 0 Å². The molecule has 0 radical (unpaired) electrons. The first kappa shape index (κ1) is 13.1. The van der Waals surface area contributed by atoms with Crippen molar-refractivity contribution < 1.29 is 13.2 Å². The SMILES string of the molecule is Cc1cc(N2C(=O)C[C@@H]3CS(=O)(=O)C[C@@H]32)ccc1Br. The number of anilines is 1. The van der Waals surface area contributed by atoms with Crippen molar-refractivity contribution in [2.45, 2.75) is 19.4 Å². The molecule has 1 aromatic rings. The van der Waals surface area contributed by atoms with Crippen molar-refractivity contribution in [1.29, 1.82) is 0 Å². The van der Waals surface area contributed by atoms with Crippen molar-refractivity contribution in [2.75, 3.05) is 16.4 Å². The molecule has 2 saturated heterocycles. The molecule has 0 unspecified atom stereocenters. The van der Waals surface area contributed by atoms with Crippen molar-refractivity contribution in [3.63, 3.8) is 0 Å². The molecule has 0 bridgehead atoms. The van der Waals surface area contributed by atoms with Gasteiger partial charge in [0, 0.05) is 22.5 Å². The molecule has 1 amide bonds. The lowest BCUT2D eigenvalue weighted by Crippen LogP contribution is -2.36. The Balaban J connectivity index is 1.99. The van der Waals surface area contributed by atoms with Crippen LogP contribution < -0.4 is 4.90 Å². The first-order valence-corrected chi connectivity index (χ1v) is 8.77. The van der Waals surface area contributed by atoms with Gasteiger partial charge in [0.25, 0.3) is 0 Å². The molecule has 4 nitrogen and oxygen atoms in total. The maximum atomic E-state index is 12.1. The minimum Gasteiger partial charge on any atom is -0.308 e. The fraction of sp³-hybridized carbons (Fsp3) is 0.462. The van der Waals surface area contributed by atoms with Gasteiger partial charge in [-0.05, 0) is 30.7 Å². The molecule has 102 valence electrons. The van der Waals surface area contributed by atoms with E-state index in [4.69, 9.17) is 0 Å². The molecule has 3 rings (SSSR count). The molecular formula is C13H14BrNO3S. The molecule has 0 aliphatic carbocycles. The van der Waals surface area contributed by atoms with Crippen molar-refractivity contribution in [2.24, 2.45) is 5.92 Å². The predicted molar refractivity (Wildman–Crippen MR) is 76.9 cm³/mol. The average molecular weight is 344 g/mol. The van der Waals surface area contributed by atoms with E-state index in [1.54, 1.807) is 4.90 Å². The molecule has 1 aromatic carbocycles. The largest absolute Gasteiger partial charge is 0.308 e. The molecule has 19 heavy (non-hydrogen) atoms. The van der Waals surface area contributed by atoms with E-state index >= 15 is 0 Å². The Morgan fingerprint density at radius 2 is 2.05 bits per heavy atom. The third kappa shape index (κ3) is 2.21. The van der Waals surface area contributed by atoms with Gasteiger partial charge >= 0.3 is 0 Å². The van der Waals surface area contributed by atoms with Gasteiger partial charge in [0.15, 0.2) is 9.84 Å². The summed E-state index contributed by atoms with van der Waals surface area (Å²) in [5.41, 5.74) is 1.84. The molecule has 0 N–H and O–H groups in total. The van der Waals surface area contributed by atoms with Gasteiger partial charge in [-0.15, -0.1) is 0 Å². The quantitative estimate of drug-likeness (QED) is 0.782. The number of amides is 1. The van der Waals surface area contributed by atoms with Gasteiger partial charge in [-0.1, -0.05) is 15.9 Å². The lowest BCUT2D eigenvalue weighted by atomic mass is 10.0. The van der Waals surface area contributed by atoms with Crippen molar-refractivity contribution in [3.8, 4) is 0 Å². The highest BCUT2D eigenvalue weighted by molar-refractivity contribution is 9.10. The van der Waals surface area contributed by atoms with Crippen LogP contribution in [0.2, 0.25) is 0 Å². The third-order valence-electron chi connectivity index (χ3n) is 3.89. The zero-order chi connectivity index (χ0) is 13.8. The van der Waals surface area contributed by atoms with Crippen LogP contribution in [0, 0.1) is 12.8 Å². The number of hydrogen-bond donors (Lipinski definition) is 0. The lowest BCUT2D eigenvalue weighted by molar-refractivity contribution is -0.117. The van der Waals surface area contributed by atoms with Crippen molar-refractivity contribution >= 4 is 37.4 Å². The number of fused-ring (bicyclic) bond motifs is 1. The molecule has 2 atom stereocenters. The molecule has 2 aliphatic rings. The summed E-state index contributed by atoms with van der Waals surface area (Å²) in [7, 11) is -2.99. The number of hydrogen-bond acceptors (Lipinski definition) is 3. The smallest absolute Gasteiger partial charge is 0.227 e. The summed E-state index contributed by atoms with van der Waals surface area (Å²) in [4.78, 5) is 13.8. The summed E-state index contributed by atoms with van der Waals surface area (Å²) in [6, 6.07) is 5.50. The molecular weight excluding hydrogens is 330 g/mol. The Bertz CT molecular complexity index is 656. The predicted octanol–water partition coefficient (Wildman–Crippen LogP) is 1.91. The Morgan fingerprint density at radius 3 is 2.74 bits per heavy atom. The highest BCUT2D eigenvalue weighted by Crippen LogP contribution is 2.37. The van der Waals surface area contributed by atoms with E-state index in [0.29, 0.717) is 6.42 Å². The summed E-state index contributed by atoms with van der Waals surface area (Å²) in [5, 5.41) is 0. The first-order chi connectivity index (χ1) is 8.87. The van der Waals surface area contributed by atoms with E-state index in [0.717, 1.165) is 15.7 Å². The van der Waals surface area contributed by atoms with Crippen molar-refractivity contribution in [1.82, 2.24) is 0 Å². The van der Waals surface area contributed by atoms with Gasteiger partial charge in [0.05, 0.1) is 17.5 Å². The van der Waals surface area contributed by atoms with Crippen LogP contribution in [0.4, 0.5) is 5.69 Å². The number of benzene rings is 1. The van der Waals surface area contributed by atoms with Crippen LogP contribution >= 0.6 is 15.9 Å². The maximum Gasteiger partial charge on any atom is 0.227 e. The number of carbonyl (C=O) groups is 1. The van der Waals surface area contributed by atoms with Gasteiger partial charge in [-0.2, -0.15) is 0 Å². The molecule has 2 aliphatic heterocycles. The number of rotatable bonds is 1. The summed E-state index contributed by atoms with van der Waals surface area (Å²) < 4.78 is 24.4. The molecule has 0 saturated carbocycles. The Hall–Kier alpha value is -0.880. The second-order valence-corrected chi connectivity index (χ2v) is 8.31. The Morgan fingerprint density at radius 1 is 1.32 bits per heavy atom. The molecule has 6 heteroatoms. The maximum absolute atomic E-state index is 12.1. The lowest BCUT2D eigenvalue weighted by Gasteiger charge is -2.23. The van der Waals surface area contributed by atoms with Crippen LogP contribution in [-0.4, -0.2) is 31.9 Å². The van der Waals surface area contributed by atoms with E-state index in [1.807, 2.05) is 25.1 Å². The third-order valence-corrected chi connectivity index (χ3v) is 6.57. The van der Waals surface area contributed by atoms with E-state index in [9.17, 15) is 13.2 Å². The molecule has 2 heterocycles. The van der Waals surface area contributed by atoms with Gasteiger partial charge in [-0.3, -0.25) is 4.79 Å². The number of nitrogens with zero attached hydrogens (tertiary/aromatic N) is 1. The van der Waals surface area contributed by atoms with Crippen LogP contribution in [-0.2, 0) is 14.6 Å². The van der Waals surface area contributed by atoms with E-state index in [1.165, 1.54) is 0 Å². The highest BCUT2D eigenvalue weighted by Gasteiger charge is 2.49. The normalized spacial score (nSPS) is 28.7. The molecule has 0 spiro atoms. The van der Waals surface area contributed by atoms with Gasteiger partial charge < -0.3 is 4.90 Å². The average Bonchev–Trinajstić information content (AvgIpc) is 2.73. The van der Waals surface area contributed by atoms with E-state index in [2.05, 4.69) is 15.9 Å². The Kier molecular flexibility index (Phi) is 2.98. The first-order valence-electron chi connectivity index (χ1n) is 6.16. The fourth-order valence-electron chi connectivity index (χ4n) is 3.00. The van der Waals surface area contributed by atoms with Crippen LogP contribution in [0.25, 0.3) is 0 Å². The van der Waals surface area contributed by atoms with E-state index < -0.39 is 9.84 Å². The minimum atomic E-state index is -2.99. The van der Waals surface area contributed by atoms with Crippen LogP contribution in [0.3, 0.4) is 0 Å².